The second-order valence-electron chi connectivity index (χ2n) is 4.99. The van der Waals surface area contributed by atoms with Gasteiger partial charge in [-0.25, -0.2) is 9.78 Å². The molecule has 0 unspecified atom stereocenters. The van der Waals surface area contributed by atoms with Gasteiger partial charge in [0.1, 0.15) is 12.7 Å². The van der Waals surface area contributed by atoms with Crippen LogP contribution in [-0.2, 0) is 21.7 Å². The highest BCUT2D eigenvalue weighted by Gasteiger charge is 2.30. The van der Waals surface area contributed by atoms with Crippen LogP contribution in [0, 0.1) is 0 Å². The molecule has 0 saturated heterocycles. The fourth-order valence-corrected chi connectivity index (χ4v) is 1.58. The Morgan fingerprint density at radius 2 is 2.14 bits per heavy atom. The summed E-state index contributed by atoms with van der Waals surface area (Å²) < 4.78 is 2.85. The van der Waals surface area contributed by atoms with Gasteiger partial charge in [0.2, 0.25) is 5.91 Å². The van der Waals surface area contributed by atoms with Crippen molar-refractivity contribution in [1.29, 1.82) is 0 Å². The summed E-state index contributed by atoms with van der Waals surface area (Å²) >= 11 is 0. The van der Waals surface area contributed by atoms with Gasteiger partial charge in [-0.05, 0) is 13.8 Å². The van der Waals surface area contributed by atoms with E-state index in [1.165, 1.54) is 43.6 Å². The molecule has 0 bridgehead atoms. The molecule has 2 aromatic heterocycles. The lowest BCUT2D eigenvalue weighted by Crippen LogP contribution is -2.35. The quantitative estimate of drug-likeness (QED) is 0.792. The van der Waals surface area contributed by atoms with Gasteiger partial charge in [-0.2, -0.15) is 10.2 Å². The van der Waals surface area contributed by atoms with Crippen LogP contribution in [0.15, 0.2) is 25.0 Å². The van der Waals surface area contributed by atoms with Crippen molar-refractivity contribution in [1.82, 2.24) is 24.5 Å². The first-order chi connectivity index (χ1) is 9.89. The fourth-order valence-electron chi connectivity index (χ4n) is 1.58. The zero-order valence-electron chi connectivity index (χ0n) is 11.7. The average Bonchev–Trinajstić information content (AvgIpc) is 3.07. The maximum atomic E-state index is 11.8. The number of nitrogens with zero attached hydrogens (tertiary/aromatic N) is 5. The minimum absolute atomic E-state index is 0.210. The van der Waals surface area contributed by atoms with Crippen LogP contribution in [0.1, 0.15) is 20.3 Å². The number of anilines is 1. The number of carboxylic acid groups (broad SMARTS) is 1. The van der Waals surface area contributed by atoms with Gasteiger partial charge >= 0.3 is 5.97 Å². The van der Waals surface area contributed by atoms with E-state index in [1.807, 2.05) is 0 Å². The highest BCUT2D eigenvalue weighted by molar-refractivity contribution is 5.90. The summed E-state index contributed by atoms with van der Waals surface area (Å²) in [7, 11) is 0. The minimum Gasteiger partial charge on any atom is -0.479 e. The first-order valence-corrected chi connectivity index (χ1v) is 6.30. The van der Waals surface area contributed by atoms with Crippen LogP contribution < -0.4 is 5.32 Å². The molecule has 9 heteroatoms. The highest BCUT2D eigenvalue weighted by atomic mass is 16.4. The Balaban J connectivity index is 1.93. The van der Waals surface area contributed by atoms with Crippen molar-refractivity contribution in [3.05, 3.63) is 25.0 Å². The van der Waals surface area contributed by atoms with E-state index in [9.17, 15) is 9.59 Å². The Morgan fingerprint density at radius 1 is 1.38 bits per heavy atom. The summed E-state index contributed by atoms with van der Waals surface area (Å²) in [5.41, 5.74) is -0.725. The third-order valence-electron chi connectivity index (χ3n) is 3.00. The summed E-state index contributed by atoms with van der Waals surface area (Å²) in [4.78, 5) is 26.7. The van der Waals surface area contributed by atoms with Gasteiger partial charge in [0.05, 0.1) is 18.4 Å². The van der Waals surface area contributed by atoms with Crippen molar-refractivity contribution in [2.75, 3.05) is 5.32 Å². The largest absolute Gasteiger partial charge is 0.479 e. The normalized spacial score (nSPS) is 11.3. The number of aliphatic carboxylic acids is 1. The van der Waals surface area contributed by atoms with Gasteiger partial charge in [-0.3, -0.25) is 14.2 Å². The van der Waals surface area contributed by atoms with Crippen molar-refractivity contribution in [3.63, 3.8) is 0 Å². The van der Waals surface area contributed by atoms with Crippen LogP contribution in [0.25, 0.3) is 0 Å². The number of carbonyl (C=O) groups is 2. The first-order valence-electron chi connectivity index (χ1n) is 6.30. The van der Waals surface area contributed by atoms with E-state index >= 15 is 0 Å². The summed E-state index contributed by atoms with van der Waals surface area (Å²) in [5, 5.41) is 19.6. The molecule has 0 fully saturated rings. The molecule has 0 aromatic carbocycles. The van der Waals surface area contributed by atoms with Crippen LogP contribution in [0.3, 0.4) is 0 Å². The highest BCUT2D eigenvalue weighted by Crippen LogP contribution is 2.17. The molecule has 0 atom stereocenters. The minimum atomic E-state index is -1.18. The monoisotopic (exact) mass is 292 g/mol. The number of carbonyl (C=O) groups excluding carboxylic acids is 1. The van der Waals surface area contributed by atoms with E-state index in [-0.39, 0.29) is 12.3 Å². The third kappa shape index (κ3) is 3.44. The molecule has 0 saturated carbocycles. The molecule has 0 radical (unpaired) electrons. The van der Waals surface area contributed by atoms with E-state index in [1.54, 1.807) is 4.68 Å². The van der Waals surface area contributed by atoms with E-state index < -0.39 is 11.5 Å². The van der Waals surface area contributed by atoms with Gasteiger partial charge in [-0.1, -0.05) is 0 Å². The van der Waals surface area contributed by atoms with E-state index in [2.05, 4.69) is 20.5 Å². The number of nitrogens with one attached hydrogen (secondary N) is 1. The number of rotatable bonds is 6. The summed E-state index contributed by atoms with van der Waals surface area (Å²) in [6.45, 7) is 3.47. The Morgan fingerprint density at radius 3 is 2.76 bits per heavy atom. The molecule has 2 heterocycles. The molecule has 112 valence electrons. The Hall–Kier alpha value is -2.71. The molecule has 0 spiro atoms. The molecule has 0 aliphatic heterocycles. The predicted molar refractivity (Wildman–Crippen MR) is 72.5 cm³/mol. The fraction of sp³-hybridized carbons (Fsp3) is 0.417. The number of aromatic nitrogens is 5. The molecule has 21 heavy (non-hydrogen) atoms. The van der Waals surface area contributed by atoms with Gasteiger partial charge in [0.25, 0.3) is 0 Å². The van der Waals surface area contributed by atoms with E-state index in [0.717, 1.165) is 0 Å². The molecular weight excluding hydrogens is 276 g/mol. The number of hydrogen-bond acceptors (Lipinski definition) is 5. The van der Waals surface area contributed by atoms with Gasteiger partial charge in [-0.15, -0.1) is 0 Å². The molecular formula is C12H16N6O3. The van der Waals surface area contributed by atoms with Crippen molar-refractivity contribution < 1.29 is 14.7 Å². The van der Waals surface area contributed by atoms with Crippen molar-refractivity contribution in [3.8, 4) is 0 Å². The standard InChI is InChI=1S/C12H16N6O3/c1-12(2,11(20)21)18-6-9(5-14-18)16-10(19)3-4-17-8-13-7-15-17/h5-8H,3-4H2,1-2H3,(H,16,19)(H,20,21). The SMILES string of the molecule is CC(C)(C(=O)O)n1cc(NC(=O)CCn2cncn2)cn1. The second kappa shape index (κ2) is 5.73. The smallest absolute Gasteiger partial charge is 0.331 e. The first kappa shape index (κ1) is 14.7. The summed E-state index contributed by atoms with van der Waals surface area (Å²) in [5.74, 6) is -1.21. The van der Waals surface area contributed by atoms with Crippen LogP contribution in [0.5, 0.6) is 0 Å². The van der Waals surface area contributed by atoms with E-state index in [0.29, 0.717) is 12.2 Å². The lowest BCUT2D eigenvalue weighted by atomic mass is 10.1. The number of aryl methyl sites for hydroxylation is 1. The van der Waals surface area contributed by atoms with Crippen LogP contribution in [0.2, 0.25) is 0 Å². The van der Waals surface area contributed by atoms with Crippen molar-refractivity contribution >= 4 is 17.6 Å². The molecule has 2 N–H and O–H groups in total. The lowest BCUT2D eigenvalue weighted by molar-refractivity contribution is -0.146. The van der Waals surface area contributed by atoms with Gasteiger partial charge in [0, 0.05) is 12.6 Å². The molecule has 0 aliphatic carbocycles. The maximum Gasteiger partial charge on any atom is 0.331 e. The molecule has 2 rings (SSSR count). The van der Waals surface area contributed by atoms with Gasteiger partial charge < -0.3 is 10.4 Å². The van der Waals surface area contributed by atoms with Gasteiger partial charge in [0.15, 0.2) is 5.54 Å². The van der Waals surface area contributed by atoms with Crippen LogP contribution in [0.4, 0.5) is 5.69 Å². The van der Waals surface area contributed by atoms with Crippen LogP contribution >= 0.6 is 0 Å². The number of amides is 1. The zero-order chi connectivity index (χ0) is 15.5. The Labute approximate surface area is 120 Å². The molecule has 0 aliphatic rings. The summed E-state index contributed by atoms with van der Waals surface area (Å²) in [6, 6.07) is 0. The van der Waals surface area contributed by atoms with Crippen molar-refractivity contribution in [2.45, 2.75) is 32.4 Å². The van der Waals surface area contributed by atoms with E-state index in [4.69, 9.17) is 5.11 Å². The topological polar surface area (TPSA) is 115 Å². The second-order valence-corrected chi connectivity index (χ2v) is 4.99. The summed E-state index contributed by atoms with van der Waals surface area (Å²) in [6.07, 6.45) is 6.06. The predicted octanol–water partition coefficient (Wildman–Crippen LogP) is 0.323. The molecule has 2 aromatic rings. The molecule has 9 nitrogen and oxygen atoms in total. The molecule has 1 amide bonds. The Kier molecular flexibility index (Phi) is 4.01. The van der Waals surface area contributed by atoms with Crippen LogP contribution in [-0.4, -0.2) is 41.5 Å². The maximum absolute atomic E-state index is 11.8. The number of carboxylic acids is 1. The van der Waals surface area contributed by atoms with Crippen molar-refractivity contribution in [2.24, 2.45) is 0 Å². The third-order valence-corrected chi connectivity index (χ3v) is 3.00. The average molecular weight is 292 g/mol. The Bertz CT molecular complexity index is 631. The number of hydrogen-bond donors (Lipinski definition) is 2. The lowest BCUT2D eigenvalue weighted by Gasteiger charge is -2.19. The zero-order valence-corrected chi connectivity index (χ0v) is 11.7.